The largest absolute Gasteiger partial charge is 0.478 e. The van der Waals surface area contributed by atoms with Gasteiger partial charge in [-0.3, -0.25) is 9.69 Å². The summed E-state index contributed by atoms with van der Waals surface area (Å²) in [4.78, 5) is 26.4. The number of hydrogen-bond acceptors (Lipinski definition) is 4. The van der Waals surface area contributed by atoms with E-state index in [2.05, 4.69) is 0 Å². The number of hydrogen-bond donors (Lipinski definition) is 1. The van der Waals surface area contributed by atoms with Gasteiger partial charge in [0.05, 0.1) is 13.1 Å². The smallest absolute Gasteiger partial charge is 0.339 e. The van der Waals surface area contributed by atoms with Crippen LogP contribution >= 0.6 is 0 Å². The molecule has 1 rings (SSSR count). The van der Waals surface area contributed by atoms with E-state index in [0.717, 1.165) is 0 Å². The lowest BCUT2D eigenvalue weighted by atomic mass is 10.2. The summed E-state index contributed by atoms with van der Waals surface area (Å²) in [7, 11) is 1.81. The second kappa shape index (κ2) is 7.09. The quantitative estimate of drug-likeness (QED) is 0.822. The highest BCUT2D eigenvalue weighted by molar-refractivity contribution is 5.88. The Kier molecular flexibility index (Phi) is 5.76. The lowest BCUT2D eigenvalue weighted by Gasteiger charge is -2.22. The van der Waals surface area contributed by atoms with Crippen molar-refractivity contribution in [2.24, 2.45) is 0 Å². The summed E-state index contributed by atoms with van der Waals surface area (Å²) in [6, 6.07) is 1.51. The monoisotopic (exact) mass is 282 g/mol. The molecule has 6 heteroatoms. The number of amides is 1. The fourth-order valence-electron chi connectivity index (χ4n) is 2.06. The first-order valence-electron chi connectivity index (χ1n) is 6.67. The van der Waals surface area contributed by atoms with Gasteiger partial charge in [0.1, 0.15) is 17.1 Å². The van der Waals surface area contributed by atoms with Crippen LogP contribution in [0.2, 0.25) is 0 Å². The zero-order valence-electron chi connectivity index (χ0n) is 12.5. The van der Waals surface area contributed by atoms with E-state index in [1.807, 2.05) is 18.7 Å². The molecule has 0 aromatic carbocycles. The molecule has 1 aromatic heterocycles. The van der Waals surface area contributed by atoms with Gasteiger partial charge < -0.3 is 14.4 Å². The molecule has 0 aliphatic rings. The van der Waals surface area contributed by atoms with Gasteiger partial charge in [-0.25, -0.2) is 4.79 Å². The Morgan fingerprint density at radius 1 is 1.30 bits per heavy atom. The molecular formula is C14H22N2O4. The Bertz CT molecular complexity index is 478. The van der Waals surface area contributed by atoms with E-state index < -0.39 is 5.97 Å². The SMILES string of the molecule is CCN(CC)C(=O)CN(C)Cc1cc(C(=O)O)c(C)o1. The van der Waals surface area contributed by atoms with Gasteiger partial charge >= 0.3 is 5.97 Å². The third-order valence-corrected chi connectivity index (χ3v) is 3.15. The van der Waals surface area contributed by atoms with Crippen LogP contribution in [0.4, 0.5) is 0 Å². The summed E-state index contributed by atoms with van der Waals surface area (Å²) in [6.07, 6.45) is 0. The Morgan fingerprint density at radius 3 is 2.35 bits per heavy atom. The van der Waals surface area contributed by atoms with Crippen molar-refractivity contribution in [3.8, 4) is 0 Å². The van der Waals surface area contributed by atoms with Crippen LogP contribution in [-0.4, -0.2) is 53.5 Å². The van der Waals surface area contributed by atoms with E-state index in [1.54, 1.807) is 18.9 Å². The number of carboxylic acids is 1. The number of rotatable bonds is 7. The van der Waals surface area contributed by atoms with Gasteiger partial charge in [0, 0.05) is 13.1 Å². The second-order valence-electron chi connectivity index (χ2n) is 4.73. The number of aryl methyl sites for hydroxylation is 1. The number of carboxylic acid groups (broad SMARTS) is 1. The topological polar surface area (TPSA) is 74.0 Å². The summed E-state index contributed by atoms with van der Waals surface area (Å²) in [6.45, 7) is 7.56. The second-order valence-corrected chi connectivity index (χ2v) is 4.73. The zero-order chi connectivity index (χ0) is 15.3. The third kappa shape index (κ3) is 4.09. The summed E-state index contributed by atoms with van der Waals surface area (Å²) in [5.74, 6) is -0.00989. The van der Waals surface area contributed by atoms with Crippen molar-refractivity contribution in [2.45, 2.75) is 27.3 Å². The van der Waals surface area contributed by atoms with Gasteiger partial charge in [-0.05, 0) is 33.9 Å². The molecule has 1 amide bonds. The summed E-state index contributed by atoms with van der Waals surface area (Å²) >= 11 is 0. The Balaban J connectivity index is 2.62. The average molecular weight is 282 g/mol. The van der Waals surface area contributed by atoms with E-state index in [0.29, 0.717) is 31.2 Å². The first-order chi connectivity index (χ1) is 9.38. The standard InChI is InChI=1S/C14H22N2O4/c1-5-16(6-2)13(17)9-15(4)8-11-7-12(14(18)19)10(3)20-11/h7H,5-6,8-9H2,1-4H3,(H,18,19). The average Bonchev–Trinajstić information content (AvgIpc) is 2.71. The van der Waals surface area contributed by atoms with Gasteiger partial charge in [0.25, 0.3) is 0 Å². The molecule has 20 heavy (non-hydrogen) atoms. The number of likely N-dealkylation sites (N-methyl/N-ethyl adjacent to an activating group) is 2. The first kappa shape index (κ1) is 16.2. The highest BCUT2D eigenvalue weighted by atomic mass is 16.4. The number of carbonyl (C=O) groups excluding carboxylic acids is 1. The van der Waals surface area contributed by atoms with Crippen LogP contribution in [-0.2, 0) is 11.3 Å². The van der Waals surface area contributed by atoms with Gasteiger partial charge in [-0.1, -0.05) is 0 Å². The third-order valence-electron chi connectivity index (χ3n) is 3.15. The van der Waals surface area contributed by atoms with Crippen LogP contribution in [0, 0.1) is 6.92 Å². The van der Waals surface area contributed by atoms with E-state index in [9.17, 15) is 9.59 Å². The maximum Gasteiger partial charge on any atom is 0.339 e. The zero-order valence-corrected chi connectivity index (χ0v) is 12.5. The van der Waals surface area contributed by atoms with Crippen LogP contribution in [0.1, 0.15) is 35.7 Å². The maximum atomic E-state index is 11.9. The predicted molar refractivity (Wildman–Crippen MR) is 74.7 cm³/mol. The molecule has 1 heterocycles. The van der Waals surface area contributed by atoms with Gasteiger partial charge in [0.2, 0.25) is 5.91 Å². The predicted octanol–water partition coefficient (Wildman–Crippen LogP) is 1.59. The van der Waals surface area contributed by atoms with Crippen LogP contribution in [0.5, 0.6) is 0 Å². The minimum absolute atomic E-state index is 0.0548. The minimum atomic E-state index is -1.00. The van der Waals surface area contributed by atoms with Crippen molar-refractivity contribution in [3.05, 3.63) is 23.2 Å². The van der Waals surface area contributed by atoms with Crippen molar-refractivity contribution in [3.63, 3.8) is 0 Å². The molecule has 0 saturated carbocycles. The van der Waals surface area contributed by atoms with E-state index >= 15 is 0 Å². The summed E-state index contributed by atoms with van der Waals surface area (Å²) < 4.78 is 5.39. The molecule has 0 saturated heterocycles. The van der Waals surface area contributed by atoms with E-state index in [4.69, 9.17) is 9.52 Å². The Labute approximate surface area is 119 Å². The number of aromatic carboxylic acids is 1. The van der Waals surface area contributed by atoms with Crippen molar-refractivity contribution in [2.75, 3.05) is 26.7 Å². The van der Waals surface area contributed by atoms with Crippen molar-refractivity contribution >= 4 is 11.9 Å². The van der Waals surface area contributed by atoms with Crippen LogP contribution in [0.3, 0.4) is 0 Å². The molecule has 0 aliphatic heterocycles. The Hall–Kier alpha value is -1.82. The number of carbonyl (C=O) groups is 2. The molecule has 1 aromatic rings. The van der Waals surface area contributed by atoms with Gasteiger partial charge in [-0.2, -0.15) is 0 Å². The fourth-order valence-corrected chi connectivity index (χ4v) is 2.06. The molecule has 0 fully saturated rings. The number of nitrogens with zero attached hydrogens (tertiary/aromatic N) is 2. The maximum absolute atomic E-state index is 11.9. The van der Waals surface area contributed by atoms with E-state index in [-0.39, 0.29) is 18.0 Å². The van der Waals surface area contributed by atoms with Gasteiger partial charge in [0.15, 0.2) is 0 Å². The molecule has 1 N–H and O–H groups in total. The highest BCUT2D eigenvalue weighted by Gasteiger charge is 2.17. The molecule has 6 nitrogen and oxygen atoms in total. The van der Waals surface area contributed by atoms with Crippen molar-refractivity contribution in [1.82, 2.24) is 9.80 Å². The Morgan fingerprint density at radius 2 is 1.90 bits per heavy atom. The van der Waals surface area contributed by atoms with Crippen molar-refractivity contribution in [1.29, 1.82) is 0 Å². The molecule has 0 radical (unpaired) electrons. The van der Waals surface area contributed by atoms with Crippen LogP contribution in [0.25, 0.3) is 0 Å². The number of furan rings is 1. The van der Waals surface area contributed by atoms with Crippen molar-refractivity contribution < 1.29 is 19.1 Å². The highest BCUT2D eigenvalue weighted by Crippen LogP contribution is 2.15. The summed E-state index contributed by atoms with van der Waals surface area (Å²) in [5, 5.41) is 8.96. The molecule has 0 atom stereocenters. The summed E-state index contributed by atoms with van der Waals surface area (Å²) in [5.41, 5.74) is 0.170. The van der Waals surface area contributed by atoms with E-state index in [1.165, 1.54) is 6.07 Å². The fraction of sp³-hybridized carbons (Fsp3) is 0.571. The molecular weight excluding hydrogens is 260 g/mol. The minimum Gasteiger partial charge on any atom is -0.478 e. The van der Waals surface area contributed by atoms with Crippen LogP contribution in [0.15, 0.2) is 10.5 Å². The molecule has 0 aliphatic carbocycles. The normalized spacial score (nSPS) is 10.8. The first-order valence-corrected chi connectivity index (χ1v) is 6.67. The molecule has 0 bridgehead atoms. The lowest BCUT2D eigenvalue weighted by Crippen LogP contribution is -2.38. The lowest BCUT2D eigenvalue weighted by molar-refractivity contribution is -0.131. The molecule has 0 spiro atoms. The molecule has 112 valence electrons. The van der Waals surface area contributed by atoms with Crippen LogP contribution < -0.4 is 0 Å². The molecule has 0 unspecified atom stereocenters. The van der Waals surface area contributed by atoms with Gasteiger partial charge in [-0.15, -0.1) is 0 Å².